The van der Waals surface area contributed by atoms with Crippen LogP contribution in [-0.2, 0) is 25.5 Å². The maximum atomic E-state index is 15.1. The molecule has 13 nitrogen and oxygen atoms in total. The number of benzene rings is 3. The number of ether oxygens (including phenoxy) is 1. The van der Waals surface area contributed by atoms with Gasteiger partial charge in [-0.1, -0.05) is 23.7 Å². The van der Waals surface area contributed by atoms with Gasteiger partial charge in [0.25, 0.3) is 5.91 Å². The fraction of sp³-hybridized carbons (Fsp3) is 0.167. The molecular formula is C30H25ClFN7O6. The zero-order chi connectivity index (χ0) is 32.1. The van der Waals surface area contributed by atoms with Crippen molar-refractivity contribution in [2.75, 3.05) is 30.9 Å². The molecule has 3 aromatic carbocycles. The summed E-state index contributed by atoms with van der Waals surface area (Å²) in [4.78, 5) is 52.4. The first-order valence-electron chi connectivity index (χ1n) is 13.4. The van der Waals surface area contributed by atoms with Crippen LogP contribution in [0.1, 0.15) is 33.1 Å². The smallest absolute Gasteiger partial charge is 0.335 e. The summed E-state index contributed by atoms with van der Waals surface area (Å²) in [5, 5.41) is 25.5. The highest BCUT2D eigenvalue weighted by Crippen LogP contribution is 2.35. The van der Waals surface area contributed by atoms with E-state index in [0.29, 0.717) is 22.5 Å². The summed E-state index contributed by atoms with van der Waals surface area (Å²) in [7, 11) is 1.39. The molecule has 1 aromatic heterocycles. The molecule has 0 aliphatic carbocycles. The minimum Gasteiger partial charge on any atom is -0.478 e. The molecule has 1 atom stereocenters. The minimum atomic E-state index is -1.17. The highest BCUT2D eigenvalue weighted by atomic mass is 35.5. The number of carbonyl (C=O) groups is 4. The van der Waals surface area contributed by atoms with Crippen LogP contribution in [0.5, 0.6) is 0 Å². The first kappa shape index (κ1) is 31.0. The summed E-state index contributed by atoms with van der Waals surface area (Å²) < 4.78 is 21.3. The molecule has 0 spiro atoms. The van der Waals surface area contributed by atoms with Crippen molar-refractivity contribution < 1.29 is 33.4 Å². The number of amides is 3. The Labute approximate surface area is 260 Å². The molecule has 3 amide bonds. The van der Waals surface area contributed by atoms with Crippen molar-refractivity contribution in [2.45, 2.75) is 12.5 Å². The number of carboxylic acid groups (broad SMARTS) is 1. The lowest BCUT2D eigenvalue weighted by atomic mass is 9.90. The van der Waals surface area contributed by atoms with Crippen LogP contribution in [0.2, 0.25) is 5.02 Å². The number of hydrogen-bond donors (Lipinski definition) is 3. The Morgan fingerprint density at radius 3 is 2.58 bits per heavy atom. The number of halogens is 2. The van der Waals surface area contributed by atoms with Gasteiger partial charge in [-0.3, -0.25) is 14.4 Å². The summed E-state index contributed by atoms with van der Waals surface area (Å²) in [6, 6.07) is 12.2. The Balaban J connectivity index is 1.50. The van der Waals surface area contributed by atoms with Crippen LogP contribution < -0.4 is 10.6 Å². The largest absolute Gasteiger partial charge is 0.478 e. The summed E-state index contributed by atoms with van der Waals surface area (Å²) >= 11 is 6.02. The van der Waals surface area contributed by atoms with Crippen molar-refractivity contribution in [2.24, 2.45) is 0 Å². The lowest BCUT2D eigenvalue weighted by Gasteiger charge is -2.36. The van der Waals surface area contributed by atoms with E-state index in [0.717, 1.165) is 6.08 Å². The lowest BCUT2D eigenvalue weighted by Crippen LogP contribution is -2.45. The Kier molecular flexibility index (Phi) is 9.25. The number of anilines is 2. The van der Waals surface area contributed by atoms with E-state index in [1.807, 2.05) is 0 Å². The van der Waals surface area contributed by atoms with E-state index in [4.69, 9.17) is 16.3 Å². The number of carbonyl (C=O) groups excluding carboxylic acids is 3. The Morgan fingerprint density at radius 2 is 1.89 bits per heavy atom. The van der Waals surface area contributed by atoms with Gasteiger partial charge < -0.3 is 25.4 Å². The number of nitrogens with one attached hydrogen (secondary N) is 2. The molecule has 15 heteroatoms. The summed E-state index contributed by atoms with van der Waals surface area (Å²) in [6.45, 7) is -0.108. The third kappa shape index (κ3) is 6.71. The first-order chi connectivity index (χ1) is 21.7. The summed E-state index contributed by atoms with van der Waals surface area (Å²) in [5.41, 5.74) is 2.08. The first-order valence-corrected chi connectivity index (χ1v) is 13.8. The summed E-state index contributed by atoms with van der Waals surface area (Å²) in [6.07, 6.45) is 3.91. The molecule has 0 saturated carbocycles. The van der Waals surface area contributed by atoms with Crippen molar-refractivity contribution in [3.8, 4) is 5.69 Å². The van der Waals surface area contributed by atoms with E-state index in [2.05, 4.69) is 26.2 Å². The van der Waals surface area contributed by atoms with Gasteiger partial charge in [-0.25, -0.2) is 9.18 Å². The highest BCUT2D eigenvalue weighted by Gasteiger charge is 2.36. The normalized spacial score (nSPS) is 14.2. The molecular weight excluding hydrogens is 609 g/mol. The number of tetrazole rings is 1. The molecule has 0 saturated heterocycles. The molecule has 1 aliphatic heterocycles. The molecule has 0 radical (unpaired) electrons. The van der Waals surface area contributed by atoms with E-state index < -0.39 is 35.5 Å². The number of nitrogens with zero attached hydrogens (tertiary/aromatic N) is 5. The van der Waals surface area contributed by atoms with Crippen molar-refractivity contribution in [3.05, 3.63) is 100 Å². The van der Waals surface area contributed by atoms with Crippen LogP contribution in [0.25, 0.3) is 11.8 Å². The molecule has 4 aromatic rings. The molecule has 230 valence electrons. The van der Waals surface area contributed by atoms with Crippen molar-refractivity contribution >= 4 is 52.7 Å². The fourth-order valence-corrected chi connectivity index (χ4v) is 5.13. The minimum absolute atomic E-state index is 0.0312. The number of methoxy groups -OCH3 is 1. The second-order valence-electron chi connectivity index (χ2n) is 9.79. The van der Waals surface area contributed by atoms with Gasteiger partial charge in [-0.2, -0.15) is 4.68 Å². The van der Waals surface area contributed by atoms with Gasteiger partial charge in [0.1, 0.15) is 19.0 Å². The number of fused-ring (bicyclic) bond motifs is 1. The average Bonchev–Trinajstić information content (AvgIpc) is 3.56. The number of aromatic carboxylic acids is 1. The Bertz CT molecular complexity index is 1800. The maximum Gasteiger partial charge on any atom is 0.335 e. The maximum absolute atomic E-state index is 15.1. The van der Waals surface area contributed by atoms with Crippen LogP contribution >= 0.6 is 11.6 Å². The third-order valence-electron chi connectivity index (χ3n) is 7.00. The highest BCUT2D eigenvalue weighted by molar-refractivity contribution is 6.31. The van der Waals surface area contributed by atoms with Gasteiger partial charge in [0, 0.05) is 36.7 Å². The van der Waals surface area contributed by atoms with Crippen molar-refractivity contribution in [1.29, 1.82) is 0 Å². The molecule has 5 rings (SSSR count). The van der Waals surface area contributed by atoms with Crippen molar-refractivity contribution in [3.63, 3.8) is 0 Å². The van der Waals surface area contributed by atoms with Crippen LogP contribution in [-0.4, -0.2) is 74.2 Å². The zero-order valence-corrected chi connectivity index (χ0v) is 24.4. The van der Waals surface area contributed by atoms with Crippen molar-refractivity contribution in [1.82, 2.24) is 25.1 Å². The second-order valence-corrected chi connectivity index (χ2v) is 10.2. The third-order valence-corrected chi connectivity index (χ3v) is 7.29. The SMILES string of the molecule is COCC(=O)Nc1cccc2c1CCN(C(=O)/C=C/c1c(-n3cnnn3)ccc(Cl)c1F)[C@H]2C(=O)Nc1ccc(C(=O)O)cc1. The molecule has 0 bridgehead atoms. The van der Waals surface area contributed by atoms with E-state index >= 15 is 4.39 Å². The van der Waals surface area contributed by atoms with E-state index in [9.17, 15) is 24.3 Å². The Hall–Kier alpha value is -5.47. The van der Waals surface area contributed by atoms with E-state index in [1.165, 1.54) is 65.5 Å². The molecule has 45 heavy (non-hydrogen) atoms. The summed E-state index contributed by atoms with van der Waals surface area (Å²) in [5.74, 6) is -3.52. The number of carboxylic acids is 1. The van der Waals surface area contributed by atoms with Crippen LogP contribution in [0, 0.1) is 5.82 Å². The van der Waals surface area contributed by atoms with Crippen LogP contribution in [0.3, 0.4) is 0 Å². The van der Waals surface area contributed by atoms with E-state index in [1.54, 1.807) is 18.2 Å². The lowest BCUT2D eigenvalue weighted by molar-refractivity contribution is -0.135. The van der Waals surface area contributed by atoms with Gasteiger partial charge in [0.05, 0.1) is 16.3 Å². The number of hydrogen-bond acceptors (Lipinski definition) is 8. The van der Waals surface area contributed by atoms with Gasteiger partial charge >= 0.3 is 5.97 Å². The van der Waals surface area contributed by atoms with E-state index in [-0.39, 0.29) is 41.4 Å². The fourth-order valence-electron chi connectivity index (χ4n) is 4.97. The number of aromatic nitrogens is 4. The topological polar surface area (TPSA) is 169 Å². The molecule has 1 aliphatic rings. The monoisotopic (exact) mass is 633 g/mol. The molecule has 3 N–H and O–H groups in total. The van der Waals surface area contributed by atoms with Gasteiger partial charge in [-0.15, -0.1) is 5.10 Å². The second kappa shape index (κ2) is 13.4. The molecule has 0 unspecified atom stereocenters. The van der Waals surface area contributed by atoms with Crippen LogP contribution in [0.4, 0.5) is 15.8 Å². The predicted molar refractivity (Wildman–Crippen MR) is 160 cm³/mol. The quantitative estimate of drug-likeness (QED) is 0.234. The Morgan fingerprint density at radius 1 is 1.11 bits per heavy atom. The predicted octanol–water partition coefficient (Wildman–Crippen LogP) is 3.52. The average molecular weight is 634 g/mol. The van der Waals surface area contributed by atoms with Gasteiger partial charge in [-0.05, 0) is 76.5 Å². The standard InChI is InChI=1S/C30H25ClFN7O6/c1-45-15-25(40)35-23-4-2-3-20-19(23)13-14-38(28(20)29(42)34-18-7-5-17(6-8-18)30(43)44)26(41)12-9-21-24(39-16-33-36-37-39)11-10-22(31)27(21)32/h2-12,16,28H,13-15H2,1H3,(H,34,42)(H,35,40)(H,43,44)/b12-9+/t28-/m1/s1. The van der Waals surface area contributed by atoms with Gasteiger partial charge in [0.15, 0.2) is 5.82 Å². The number of rotatable bonds is 9. The zero-order valence-electron chi connectivity index (χ0n) is 23.6. The van der Waals surface area contributed by atoms with Crippen LogP contribution in [0.15, 0.2) is 67.0 Å². The molecule has 0 fully saturated rings. The molecule has 2 heterocycles. The van der Waals surface area contributed by atoms with Gasteiger partial charge in [0.2, 0.25) is 11.8 Å².